The predicted octanol–water partition coefficient (Wildman–Crippen LogP) is 3.50. The summed E-state index contributed by atoms with van der Waals surface area (Å²) in [5, 5.41) is 0.327. The van der Waals surface area contributed by atoms with Gasteiger partial charge < -0.3 is 5.73 Å². The molecule has 1 atom stereocenters. The molecule has 1 aromatic carbocycles. The Kier molecular flexibility index (Phi) is 5.00. The smallest absolute Gasteiger partial charge is 0.244 e. The zero-order valence-electron chi connectivity index (χ0n) is 11.3. The summed E-state index contributed by atoms with van der Waals surface area (Å²) in [6, 6.07) is 2.99. The van der Waals surface area contributed by atoms with Crippen LogP contribution in [0.1, 0.15) is 26.2 Å². The van der Waals surface area contributed by atoms with Crippen LogP contribution in [0.4, 0.5) is 5.69 Å². The largest absolute Gasteiger partial charge is 0.398 e. The fraction of sp³-hybridized carbons (Fsp3) is 0.538. The zero-order valence-corrected chi connectivity index (χ0v) is 14.4. The molecule has 2 N–H and O–H groups in total. The highest BCUT2D eigenvalue weighted by Crippen LogP contribution is 2.35. The first-order valence-electron chi connectivity index (χ1n) is 6.61. The van der Waals surface area contributed by atoms with E-state index in [9.17, 15) is 8.42 Å². The third kappa shape index (κ3) is 3.13. The molecule has 1 aliphatic heterocycles. The van der Waals surface area contributed by atoms with Gasteiger partial charge in [0.1, 0.15) is 0 Å². The van der Waals surface area contributed by atoms with Gasteiger partial charge in [-0.1, -0.05) is 24.9 Å². The second-order valence-corrected chi connectivity index (χ2v) is 8.25. The van der Waals surface area contributed by atoms with E-state index in [0.717, 1.165) is 19.3 Å². The molecule has 4 nitrogen and oxygen atoms in total. The first-order valence-corrected chi connectivity index (χ1v) is 9.22. The Morgan fingerprint density at radius 1 is 1.50 bits per heavy atom. The summed E-state index contributed by atoms with van der Waals surface area (Å²) in [4.78, 5) is 0.152. The van der Waals surface area contributed by atoms with Gasteiger partial charge in [0.25, 0.3) is 0 Å². The van der Waals surface area contributed by atoms with Crippen LogP contribution in [0.2, 0.25) is 5.02 Å². The van der Waals surface area contributed by atoms with Crippen LogP contribution in [-0.4, -0.2) is 25.8 Å². The van der Waals surface area contributed by atoms with Crippen molar-refractivity contribution in [1.29, 1.82) is 0 Å². The number of sulfonamides is 1. The minimum atomic E-state index is -3.54. The van der Waals surface area contributed by atoms with Crippen molar-refractivity contribution in [3.8, 4) is 0 Å². The standard InChI is InChI=1S/C13H18BrClN2O2S/c1-2-3-9-4-5-17(8-9)20(18,19)12-7-10(15)6-11(16)13(12)14/h6-7,9H,2-5,8,16H2,1H3. The Hall–Kier alpha value is -0.300. The number of hydrogen-bond donors (Lipinski definition) is 1. The number of halogens is 2. The fourth-order valence-corrected chi connectivity index (χ4v) is 5.36. The molecule has 1 unspecified atom stereocenters. The number of nitrogens with two attached hydrogens (primary N) is 1. The van der Waals surface area contributed by atoms with E-state index in [1.807, 2.05) is 0 Å². The topological polar surface area (TPSA) is 63.4 Å². The number of hydrogen-bond acceptors (Lipinski definition) is 3. The lowest BCUT2D eigenvalue weighted by Crippen LogP contribution is -2.29. The summed E-state index contributed by atoms with van der Waals surface area (Å²) >= 11 is 9.18. The molecule has 112 valence electrons. The molecule has 20 heavy (non-hydrogen) atoms. The molecule has 2 rings (SSSR count). The summed E-state index contributed by atoms with van der Waals surface area (Å²) in [5.74, 6) is 0.449. The highest BCUT2D eigenvalue weighted by Gasteiger charge is 2.33. The number of benzene rings is 1. The molecule has 1 aromatic rings. The lowest BCUT2D eigenvalue weighted by molar-refractivity contribution is 0.444. The quantitative estimate of drug-likeness (QED) is 0.812. The summed E-state index contributed by atoms with van der Waals surface area (Å²) in [7, 11) is -3.54. The van der Waals surface area contributed by atoms with Gasteiger partial charge in [-0.25, -0.2) is 8.42 Å². The van der Waals surface area contributed by atoms with E-state index in [-0.39, 0.29) is 4.90 Å². The van der Waals surface area contributed by atoms with Gasteiger partial charge in [0.2, 0.25) is 10.0 Å². The number of nitrogens with zero attached hydrogens (tertiary/aromatic N) is 1. The summed E-state index contributed by atoms with van der Waals surface area (Å²) in [6.45, 7) is 3.26. The van der Waals surface area contributed by atoms with E-state index in [0.29, 0.717) is 34.2 Å². The van der Waals surface area contributed by atoms with Crippen molar-refractivity contribution in [2.45, 2.75) is 31.1 Å². The number of anilines is 1. The molecular formula is C13H18BrClN2O2S. The van der Waals surface area contributed by atoms with Gasteiger partial charge in [0, 0.05) is 23.8 Å². The zero-order chi connectivity index (χ0) is 14.9. The second-order valence-electron chi connectivity index (χ2n) is 5.11. The minimum absolute atomic E-state index is 0.152. The van der Waals surface area contributed by atoms with Gasteiger partial charge in [-0.3, -0.25) is 0 Å². The van der Waals surface area contributed by atoms with Crippen molar-refractivity contribution in [3.63, 3.8) is 0 Å². The maximum Gasteiger partial charge on any atom is 0.244 e. The molecule has 1 fully saturated rings. The maximum atomic E-state index is 12.7. The van der Waals surface area contributed by atoms with Crippen molar-refractivity contribution in [3.05, 3.63) is 21.6 Å². The average molecular weight is 382 g/mol. The molecule has 0 spiro atoms. The van der Waals surface area contributed by atoms with Crippen LogP contribution in [0.15, 0.2) is 21.5 Å². The van der Waals surface area contributed by atoms with Crippen LogP contribution >= 0.6 is 27.5 Å². The Balaban J connectivity index is 2.32. The molecule has 0 aliphatic carbocycles. The first-order chi connectivity index (χ1) is 9.36. The third-order valence-electron chi connectivity index (χ3n) is 3.60. The Morgan fingerprint density at radius 2 is 2.20 bits per heavy atom. The van der Waals surface area contributed by atoms with Gasteiger partial charge in [-0.05, 0) is 46.8 Å². The maximum absolute atomic E-state index is 12.7. The van der Waals surface area contributed by atoms with Crippen molar-refractivity contribution in [2.24, 2.45) is 5.92 Å². The second kappa shape index (κ2) is 6.22. The average Bonchev–Trinajstić information content (AvgIpc) is 2.83. The van der Waals surface area contributed by atoms with Crippen molar-refractivity contribution in [2.75, 3.05) is 18.8 Å². The van der Waals surface area contributed by atoms with Gasteiger partial charge in [0.15, 0.2) is 0 Å². The Bertz CT molecular complexity index is 607. The van der Waals surface area contributed by atoms with E-state index in [1.54, 1.807) is 0 Å². The highest BCUT2D eigenvalue weighted by molar-refractivity contribution is 9.10. The highest BCUT2D eigenvalue weighted by atomic mass is 79.9. The van der Waals surface area contributed by atoms with Crippen LogP contribution in [0.5, 0.6) is 0 Å². The van der Waals surface area contributed by atoms with Gasteiger partial charge in [0.05, 0.1) is 9.37 Å². The molecule has 0 saturated carbocycles. The molecular weight excluding hydrogens is 364 g/mol. The lowest BCUT2D eigenvalue weighted by atomic mass is 10.0. The predicted molar refractivity (Wildman–Crippen MR) is 85.3 cm³/mol. The van der Waals surface area contributed by atoms with E-state index < -0.39 is 10.0 Å². The van der Waals surface area contributed by atoms with Crippen LogP contribution in [0, 0.1) is 5.92 Å². The molecule has 0 bridgehead atoms. The Morgan fingerprint density at radius 3 is 2.85 bits per heavy atom. The molecule has 1 heterocycles. The molecule has 1 saturated heterocycles. The summed E-state index contributed by atoms with van der Waals surface area (Å²) in [5.41, 5.74) is 6.11. The van der Waals surface area contributed by atoms with Crippen molar-refractivity contribution >= 4 is 43.2 Å². The minimum Gasteiger partial charge on any atom is -0.398 e. The monoisotopic (exact) mass is 380 g/mol. The van der Waals surface area contributed by atoms with E-state index >= 15 is 0 Å². The van der Waals surface area contributed by atoms with E-state index in [1.165, 1.54) is 16.4 Å². The normalized spacial score (nSPS) is 20.4. The van der Waals surface area contributed by atoms with Crippen LogP contribution in [0.25, 0.3) is 0 Å². The van der Waals surface area contributed by atoms with Crippen LogP contribution < -0.4 is 5.73 Å². The Labute approximate surface area is 133 Å². The first kappa shape index (κ1) is 16.1. The lowest BCUT2D eigenvalue weighted by Gasteiger charge is -2.18. The molecule has 0 aromatic heterocycles. The van der Waals surface area contributed by atoms with Gasteiger partial charge in [-0.2, -0.15) is 4.31 Å². The van der Waals surface area contributed by atoms with Gasteiger partial charge >= 0.3 is 0 Å². The summed E-state index contributed by atoms with van der Waals surface area (Å²) < 4.78 is 27.3. The van der Waals surface area contributed by atoms with E-state index in [4.69, 9.17) is 17.3 Å². The summed E-state index contributed by atoms with van der Waals surface area (Å²) in [6.07, 6.45) is 3.05. The SMILES string of the molecule is CCCC1CCN(S(=O)(=O)c2cc(Cl)cc(N)c2Br)C1. The molecule has 0 amide bonds. The molecule has 1 aliphatic rings. The van der Waals surface area contributed by atoms with Crippen LogP contribution in [-0.2, 0) is 10.0 Å². The number of nitrogen functional groups attached to an aromatic ring is 1. The van der Waals surface area contributed by atoms with Crippen molar-refractivity contribution < 1.29 is 8.42 Å². The van der Waals surface area contributed by atoms with E-state index in [2.05, 4.69) is 22.9 Å². The molecule has 7 heteroatoms. The third-order valence-corrected chi connectivity index (χ3v) is 6.85. The molecule has 0 radical (unpaired) electrons. The van der Waals surface area contributed by atoms with Crippen LogP contribution in [0.3, 0.4) is 0 Å². The van der Waals surface area contributed by atoms with Gasteiger partial charge in [-0.15, -0.1) is 0 Å². The van der Waals surface area contributed by atoms with Crippen molar-refractivity contribution in [1.82, 2.24) is 4.31 Å². The number of rotatable bonds is 4. The fourth-order valence-electron chi connectivity index (χ4n) is 2.57.